The van der Waals surface area contributed by atoms with Crippen LogP contribution in [0.25, 0.3) is 0 Å². The number of carbonyl (C=O) groups is 1. The first-order valence-electron chi connectivity index (χ1n) is 6.97. The molecule has 4 nitrogen and oxygen atoms in total. The summed E-state index contributed by atoms with van der Waals surface area (Å²) >= 11 is 0. The Bertz CT molecular complexity index is 474. The fourth-order valence-electron chi connectivity index (χ4n) is 2.97. The van der Waals surface area contributed by atoms with Crippen LogP contribution in [0.5, 0.6) is 5.75 Å². The summed E-state index contributed by atoms with van der Waals surface area (Å²) in [5.41, 5.74) is 0.906. The van der Waals surface area contributed by atoms with Crippen LogP contribution in [0.15, 0.2) is 24.3 Å². The maximum absolute atomic E-state index is 12.1. The molecule has 1 aromatic rings. The molecule has 1 saturated carbocycles. The van der Waals surface area contributed by atoms with Crippen LogP contribution in [0.2, 0.25) is 0 Å². The van der Waals surface area contributed by atoms with Crippen LogP contribution in [0.3, 0.4) is 0 Å². The van der Waals surface area contributed by atoms with E-state index in [9.17, 15) is 4.79 Å². The number of hydrogen-bond acceptors (Lipinski definition) is 3. The standard InChI is InChI=1S/C15H19NO3/c1-2-18-12-8-4-3-6-11(12)15-16-14(17)10-7-5-9-13(10)19-15/h3-4,6,8,10,13,15H,2,5,7,9H2,1H3,(H,16,17)/t10-,13+,15-/m1/s1. The lowest BCUT2D eigenvalue weighted by atomic mass is 10.0. The van der Waals surface area contributed by atoms with E-state index in [0.29, 0.717) is 6.61 Å². The summed E-state index contributed by atoms with van der Waals surface area (Å²) in [6.45, 7) is 2.55. The van der Waals surface area contributed by atoms with Gasteiger partial charge in [-0.15, -0.1) is 0 Å². The fourth-order valence-corrected chi connectivity index (χ4v) is 2.97. The van der Waals surface area contributed by atoms with Crippen molar-refractivity contribution in [1.82, 2.24) is 5.32 Å². The number of hydrogen-bond donors (Lipinski definition) is 1. The number of carbonyl (C=O) groups excluding carboxylic acids is 1. The van der Waals surface area contributed by atoms with E-state index in [4.69, 9.17) is 9.47 Å². The second-order valence-corrected chi connectivity index (χ2v) is 5.07. The van der Waals surface area contributed by atoms with Gasteiger partial charge in [-0.25, -0.2) is 0 Å². The Morgan fingerprint density at radius 2 is 2.21 bits per heavy atom. The van der Waals surface area contributed by atoms with Gasteiger partial charge in [0.1, 0.15) is 5.75 Å². The Morgan fingerprint density at radius 1 is 1.37 bits per heavy atom. The number of amides is 1. The second kappa shape index (κ2) is 5.21. The Morgan fingerprint density at radius 3 is 3.05 bits per heavy atom. The molecule has 19 heavy (non-hydrogen) atoms. The molecule has 0 bridgehead atoms. The van der Waals surface area contributed by atoms with Crippen LogP contribution >= 0.6 is 0 Å². The van der Waals surface area contributed by atoms with Gasteiger partial charge in [0.15, 0.2) is 6.23 Å². The number of fused-ring (bicyclic) bond motifs is 1. The lowest BCUT2D eigenvalue weighted by molar-refractivity contribution is -0.150. The average Bonchev–Trinajstić information content (AvgIpc) is 2.88. The maximum atomic E-state index is 12.1. The van der Waals surface area contributed by atoms with E-state index in [2.05, 4.69) is 5.32 Å². The van der Waals surface area contributed by atoms with E-state index < -0.39 is 0 Å². The molecule has 1 heterocycles. The Kier molecular flexibility index (Phi) is 3.42. The Labute approximate surface area is 113 Å². The molecule has 1 aliphatic heterocycles. The van der Waals surface area contributed by atoms with Gasteiger partial charge >= 0.3 is 0 Å². The summed E-state index contributed by atoms with van der Waals surface area (Å²) in [6, 6.07) is 7.73. The van der Waals surface area contributed by atoms with Gasteiger partial charge in [0, 0.05) is 5.56 Å². The van der Waals surface area contributed by atoms with Gasteiger partial charge in [0.25, 0.3) is 0 Å². The van der Waals surface area contributed by atoms with Crippen LogP contribution in [0.1, 0.15) is 38.0 Å². The van der Waals surface area contributed by atoms with Crippen molar-refractivity contribution in [3.05, 3.63) is 29.8 Å². The van der Waals surface area contributed by atoms with E-state index in [1.807, 2.05) is 31.2 Å². The van der Waals surface area contributed by atoms with E-state index in [-0.39, 0.29) is 24.2 Å². The van der Waals surface area contributed by atoms with Crippen molar-refractivity contribution >= 4 is 5.91 Å². The molecule has 4 heteroatoms. The van der Waals surface area contributed by atoms with Crippen molar-refractivity contribution in [1.29, 1.82) is 0 Å². The molecule has 1 saturated heterocycles. The predicted octanol–water partition coefficient (Wildman–Crippen LogP) is 2.40. The van der Waals surface area contributed by atoms with Gasteiger partial charge < -0.3 is 14.8 Å². The molecule has 2 fully saturated rings. The maximum Gasteiger partial charge on any atom is 0.227 e. The molecule has 3 atom stereocenters. The number of para-hydroxylation sites is 1. The third-order valence-electron chi connectivity index (χ3n) is 3.87. The first-order chi connectivity index (χ1) is 9.29. The molecular formula is C15H19NO3. The van der Waals surface area contributed by atoms with E-state index in [0.717, 1.165) is 30.6 Å². The van der Waals surface area contributed by atoms with E-state index in [1.165, 1.54) is 0 Å². The quantitative estimate of drug-likeness (QED) is 0.909. The number of nitrogens with one attached hydrogen (secondary N) is 1. The lowest BCUT2D eigenvalue weighted by Gasteiger charge is -2.33. The highest BCUT2D eigenvalue weighted by Crippen LogP contribution is 2.37. The zero-order valence-corrected chi connectivity index (χ0v) is 11.1. The minimum atomic E-state index is -0.380. The van der Waals surface area contributed by atoms with Crippen molar-refractivity contribution < 1.29 is 14.3 Å². The molecule has 102 valence electrons. The average molecular weight is 261 g/mol. The van der Waals surface area contributed by atoms with Crippen molar-refractivity contribution in [2.24, 2.45) is 5.92 Å². The van der Waals surface area contributed by atoms with Gasteiger partial charge in [-0.3, -0.25) is 4.79 Å². The molecule has 0 spiro atoms. The van der Waals surface area contributed by atoms with Crippen molar-refractivity contribution in [2.75, 3.05) is 6.61 Å². The van der Waals surface area contributed by atoms with Gasteiger partial charge in [-0.05, 0) is 32.3 Å². The third kappa shape index (κ3) is 2.32. The normalized spacial score (nSPS) is 29.7. The number of ether oxygens (including phenoxy) is 2. The van der Waals surface area contributed by atoms with Crippen LogP contribution in [0, 0.1) is 5.92 Å². The van der Waals surface area contributed by atoms with Crippen LogP contribution in [-0.4, -0.2) is 18.6 Å². The zero-order valence-electron chi connectivity index (χ0n) is 11.1. The monoisotopic (exact) mass is 261 g/mol. The van der Waals surface area contributed by atoms with Gasteiger partial charge in [-0.2, -0.15) is 0 Å². The second-order valence-electron chi connectivity index (χ2n) is 5.07. The Hall–Kier alpha value is -1.55. The summed E-state index contributed by atoms with van der Waals surface area (Å²) in [7, 11) is 0. The number of benzene rings is 1. The largest absolute Gasteiger partial charge is 0.493 e. The summed E-state index contributed by atoms with van der Waals surface area (Å²) in [5, 5.41) is 2.96. The molecule has 3 rings (SSSR count). The topological polar surface area (TPSA) is 47.6 Å². The molecular weight excluding hydrogens is 242 g/mol. The summed E-state index contributed by atoms with van der Waals surface area (Å²) in [6.07, 6.45) is 2.67. The highest BCUT2D eigenvalue weighted by atomic mass is 16.5. The number of rotatable bonds is 3. The highest BCUT2D eigenvalue weighted by molar-refractivity contribution is 5.80. The molecule has 1 aromatic carbocycles. The zero-order chi connectivity index (χ0) is 13.2. The Balaban J connectivity index is 1.84. The summed E-state index contributed by atoms with van der Waals surface area (Å²) in [4.78, 5) is 12.1. The van der Waals surface area contributed by atoms with Gasteiger partial charge in [0.05, 0.1) is 18.6 Å². The third-order valence-corrected chi connectivity index (χ3v) is 3.87. The van der Waals surface area contributed by atoms with Gasteiger partial charge in [0.2, 0.25) is 5.91 Å². The molecule has 0 radical (unpaired) electrons. The molecule has 1 N–H and O–H groups in total. The summed E-state index contributed by atoms with van der Waals surface area (Å²) < 4.78 is 11.6. The highest BCUT2D eigenvalue weighted by Gasteiger charge is 2.41. The van der Waals surface area contributed by atoms with E-state index in [1.54, 1.807) is 0 Å². The first kappa shape index (κ1) is 12.5. The fraction of sp³-hybridized carbons (Fsp3) is 0.533. The minimum Gasteiger partial charge on any atom is -0.493 e. The first-order valence-corrected chi connectivity index (χ1v) is 6.97. The van der Waals surface area contributed by atoms with Crippen molar-refractivity contribution in [3.8, 4) is 5.75 Å². The lowest BCUT2D eigenvalue weighted by Crippen LogP contribution is -2.46. The summed E-state index contributed by atoms with van der Waals surface area (Å²) in [5.74, 6) is 0.937. The van der Waals surface area contributed by atoms with Crippen LogP contribution < -0.4 is 10.1 Å². The van der Waals surface area contributed by atoms with E-state index >= 15 is 0 Å². The van der Waals surface area contributed by atoms with Crippen molar-refractivity contribution in [3.63, 3.8) is 0 Å². The molecule has 1 amide bonds. The minimum absolute atomic E-state index is 0.0375. The predicted molar refractivity (Wildman–Crippen MR) is 70.7 cm³/mol. The van der Waals surface area contributed by atoms with Gasteiger partial charge in [-0.1, -0.05) is 18.2 Å². The molecule has 0 unspecified atom stereocenters. The molecule has 2 aliphatic rings. The SMILES string of the molecule is CCOc1ccccc1[C@@H]1NC(=O)[C@@H]2CCC[C@@H]2O1. The molecule has 0 aromatic heterocycles. The van der Waals surface area contributed by atoms with Crippen molar-refractivity contribution in [2.45, 2.75) is 38.5 Å². The smallest absolute Gasteiger partial charge is 0.227 e. The molecule has 1 aliphatic carbocycles. The van der Waals surface area contributed by atoms with Crippen LogP contribution in [0.4, 0.5) is 0 Å². The van der Waals surface area contributed by atoms with Crippen LogP contribution in [-0.2, 0) is 9.53 Å².